The quantitative estimate of drug-likeness (QED) is 0.669. The van der Waals surface area contributed by atoms with Crippen LogP contribution < -0.4 is 0 Å². The molecule has 0 aromatic heterocycles. The van der Waals surface area contributed by atoms with Gasteiger partial charge in [-0.3, -0.25) is 4.79 Å². The van der Waals surface area contributed by atoms with Gasteiger partial charge in [0.15, 0.2) is 0 Å². The van der Waals surface area contributed by atoms with Crippen LogP contribution in [0.2, 0.25) is 0 Å². The molecular weight excluding hydrogens is 144 g/mol. The molecule has 0 aliphatic heterocycles. The highest BCUT2D eigenvalue weighted by atomic mass is 16.4. The number of carboxylic acids is 1. The summed E-state index contributed by atoms with van der Waals surface area (Å²) in [5, 5.41) is 7.42. The minimum Gasteiger partial charge on any atom is -0.481 e. The third-order valence-corrected chi connectivity index (χ3v) is 0.696. The van der Waals surface area contributed by atoms with Gasteiger partial charge in [-0.2, -0.15) is 0 Å². The minimum absolute atomic E-state index is 0.287. The van der Waals surface area contributed by atoms with Crippen LogP contribution in [0.3, 0.4) is 0 Å². The van der Waals surface area contributed by atoms with Crippen molar-refractivity contribution < 1.29 is 14.7 Å². The summed E-state index contributed by atoms with van der Waals surface area (Å²) in [5.74, 6) is -0.0208. The molecule has 0 spiro atoms. The van der Waals surface area contributed by atoms with E-state index in [0.29, 0.717) is 5.92 Å². The summed E-state index contributed by atoms with van der Waals surface area (Å²) < 4.78 is 0. The van der Waals surface area contributed by atoms with Crippen LogP contribution in [0, 0.1) is 5.92 Å². The van der Waals surface area contributed by atoms with Gasteiger partial charge >= 0.3 is 0 Å². The Kier molecular flexibility index (Phi) is 8.43. The molecule has 0 aliphatic carbocycles. The summed E-state index contributed by atoms with van der Waals surface area (Å²) >= 11 is 0. The van der Waals surface area contributed by atoms with Crippen LogP contribution in [0.15, 0.2) is 0 Å². The van der Waals surface area contributed by atoms with Gasteiger partial charge in [-0.1, -0.05) is 13.8 Å². The SMILES string of the molecule is CC(=O)CC(C)C.CC(=O)O. The fourth-order valence-electron chi connectivity index (χ4n) is 0.575. The number of carbonyl (C=O) groups excluding carboxylic acids is 1. The molecule has 0 aromatic carbocycles. The zero-order chi connectivity index (χ0) is 9.44. The normalized spacial score (nSPS) is 8.45. The molecule has 11 heavy (non-hydrogen) atoms. The van der Waals surface area contributed by atoms with E-state index in [1.807, 2.05) is 13.8 Å². The first-order valence-electron chi connectivity index (χ1n) is 3.55. The number of aliphatic carboxylic acids is 1. The molecule has 1 N–H and O–H groups in total. The van der Waals surface area contributed by atoms with E-state index < -0.39 is 5.97 Å². The second-order valence-electron chi connectivity index (χ2n) is 2.82. The third-order valence-electron chi connectivity index (χ3n) is 0.696. The van der Waals surface area contributed by atoms with Crippen molar-refractivity contribution in [1.29, 1.82) is 0 Å². The van der Waals surface area contributed by atoms with Crippen molar-refractivity contribution in [3.63, 3.8) is 0 Å². The maximum atomic E-state index is 10.3. The lowest BCUT2D eigenvalue weighted by Crippen LogP contribution is -1.95. The first-order valence-corrected chi connectivity index (χ1v) is 3.55. The van der Waals surface area contributed by atoms with Crippen molar-refractivity contribution in [2.24, 2.45) is 5.92 Å². The molecule has 0 aromatic rings. The van der Waals surface area contributed by atoms with Crippen molar-refractivity contribution in [2.75, 3.05) is 0 Å². The Labute approximate surface area is 67.4 Å². The van der Waals surface area contributed by atoms with E-state index in [1.165, 1.54) is 0 Å². The van der Waals surface area contributed by atoms with Gasteiger partial charge in [0.25, 0.3) is 5.97 Å². The predicted octanol–water partition coefficient (Wildman–Crippen LogP) is 1.71. The zero-order valence-electron chi connectivity index (χ0n) is 7.55. The van der Waals surface area contributed by atoms with Crippen LogP contribution in [0.4, 0.5) is 0 Å². The largest absolute Gasteiger partial charge is 0.481 e. The van der Waals surface area contributed by atoms with E-state index in [1.54, 1.807) is 6.92 Å². The highest BCUT2D eigenvalue weighted by molar-refractivity contribution is 5.75. The van der Waals surface area contributed by atoms with Crippen molar-refractivity contribution in [3.05, 3.63) is 0 Å². The smallest absolute Gasteiger partial charge is 0.300 e. The maximum Gasteiger partial charge on any atom is 0.300 e. The van der Waals surface area contributed by atoms with Crippen molar-refractivity contribution in [2.45, 2.75) is 34.1 Å². The van der Waals surface area contributed by atoms with Crippen LogP contribution in [-0.2, 0) is 9.59 Å². The van der Waals surface area contributed by atoms with Gasteiger partial charge in [-0.25, -0.2) is 0 Å². The van der Waals surface area contributed by atoms with Crippen LogP contribution in [0.5, 0.6) is 0 Å². The van der Waals surface area contributed by atoms with Crippen LogP contribution in [-0.4, -0.2) is 16.9 Å². The predicted molar refractivity (Wildman–Crippen MR) is 43.4 cm³/mol. The van der Waals surface area contributed by atoms with Crippen LogP contribution in [0.1, 0.15) is 34.1 Å². The maximum absolute atomic E-state index is 10.3. The fraction of sp³-hybridized carbons (Fsp3) is 0.750. The number of Topliss-reactive ketones (excluding diaryl/α,β-unsaturated/α-hetero) is 1. The number of hydrogen-bond acceptors (Lipinski definition) is 2. The molecule has 0 amide bonds. The van der Waals surface area contributed by atoms with Gasteiger partial charge in [-0.05, 0) is 12.8 Å². The molecule has 3 heteroatoms. The molecule has 0 fully saturated rings. The summed E-state index contributed by atoms with van der Waals surface area (Å²) in [6.07, 6.45) is 0.722. The van der Waals surface area contributed by atoms with E-state index in [9.17, 15) is 4.79 Å². The molecule has 0 unspecified atom stereocenters. The first-order chi connectivity index (χ1) is 4.86. The highest BCUT2D eigenvalue weighted by Gasteiger charge is 1.95. The number of carboxylic acid groups (broad SMARTS) is 1. The van der Waals surface area contributed by atoms with E-state index in [2.05, 4.69) is 0 Å². The molecule has 0 atom stereocenters. The molecule has 0 rings (SSSR count). The molecular formula is C8H16O3. The molecule has 0 bridgehead atoms. The Morgan fingerprint density at radius 1 is 1.27 bits per heavy atom. The molecule has 0 heterocycles. The van der Waals surface area contributed by atoms with Gasteiger partial charge in [0.2, 0.25) is 0 Å². The lowest BCUT2D eigenvalue weighted by atomic mass is 10.1. The number of ketones is 1. The van der Waals surface area contributed by atoms with E-state index in [4.69, 9.17) is 9.90 Å². The van der Waals surface area contributed by atoms with Crippen LogP contribution >= 0.6 is 0 Å². The Morgan fingerprint density at radius 3 is 1.55 bits per heavy atom. The average molecular weight is 160 g/mol. The Morgan fingerprint density at radius 2 is 1.55 bits per heavy atom. The van der Waals surface area contributed by atoms with Gasteiger partial charge in [0.1, 0.15) is 5.78 Å². The number of hydrogen-bond donors (Lipinski definition) is 1. The molecule has 0 saturated heterocycles. The standard InChI is InChI=1S/C6H12O.C2H4O2/c1-5(2)4-6(3)7;1-2(3)4/h5H,4H2,1-3H3;1H3,(H,3,4). The Bertz CT molecular complexity index is 123. The second-order valence-corrected chi connectivity index (χ2v) is 2.82. The third kappa shape index (κ3) is 47.3. The lowest BCUT2D eigenvalue weighted by Gasteiger charge is -1.95. The van der Waals surface area contributed by atoms with Crippen LogP contribution in [0.25, 0.3) is 0 Å². The lowest BCUT2D eigenvalue weighted by molar-refractivity contribution is -0.134. The summed E-state index contributed by atoms with van der Waals surface area (Å²) in [5.41, 5.74) is 0. The molecule has 0 saturated carbocycles. The topological polar surface area (TPSA) is 54.4 Å². The Hall–Kier alpha value is -0.860. The fourth-order valence-corrected chi connectivity index (χ4v) is 0.575. The monoisotopic (exact) mass is 160 g/mol. The van der Waals surface area contributed by atoms with Crippen molar-refractivity contribution in [1.82, 2.24) is 0 Å². The minimum atomic E-state index is -0.833. The zero-order valence-corrected chi connectivity index (χ0v) is 7.55. The van der Waals surface area contributed by atoms with Gasteiger partial charge in [0.05, 0.1) is 0 Å². The van der Waals surface area contributed by atoms with Gasteiger partial charge in [0, 0.05) is 13.3 Å². The van der Waals surface area contributed by atoms with Gasteiger partial charge in [-0.15, -0.1) is 0 Å². The average Bonchev–Trinajstić information content (AvgIpc) is 1.56. The van der Waals surface area contributed by atoms with Gasteiger partial charge < -0.3 is 9.90 Å². The summed E-state index contributed by atoms with van der Waals surface area (Å²) in [7, 11) is 0. The van der Waals surface area contributed by atoms with Crippen molar-refractivity contribution >= 4 is 11.8 Å². The number of rotatable bonds is 2. The highest BCUT2D eigenvalue weighted by Crippen LogP contribution is 1.97. The van der Waals surface area contributed by atoms with E-state index in [-0.39, 0.29) is 5.78 Å². The van der Waals surface area contributed by atoms with Crippen molar-refractivity contribution in [3.8, 4) is 0 Å². The molecule has 0 aliphatic rings. The Balaban J connectivity index is 0. The number of carbonyl (C=O) groups is 2. The first kappa shape index (κ1) is 12.8. The summed E-state index contributed by atoms with van der Waals surface area (Å²) in [6, 6.07) is 0. The molecule has 66 valence electrons. The molecule has 0 radical (unpaired) electrons. The molecule has 3 nitrogen and oxygen atoms in total. The summed E-state index contributed by atoms with van der Waals surface area (Å²) in [4.78, 5) is 19.3. The summed E-state index contributed by atoms with van der Waals surface area (Å²) in [6.45, 7) is 6.79. The van der Waals surface area contributed by atoms with E-state index >= 15 is 0 Å². The van der Waals surface area contributed by atoms with E-state index in [0.717, 1.165) is 13.3 Å². The second kappa shape index (κ2) is 7.25.